The van der Waals surface area contributed by atoms with Crippen molar-refractivity contribution in [2.75, 3.05) is 18.0 Å². The molecule has 2 N–H and O–H groups in total. The lowest BCUT2D eigenvalue weighted by atomic mass is 9.96. The van der Waals surface area contributed by atoms with Gasteiger partial charge in [-0.05, 0) is 49.1 Å². The number of nitrogens with two attached hydrogens (primary N) is 1. The first-order valence-corrected chi connectivity index (χ1v) is 7.69. The molecule has 1 aromatic carbocycles. The number of benzene rings is 1. The number of carbonyl (C=O) groups is 2. The maximum Gasteiger partial charge on any atom is 0.227 e. The van der Waals surface area contributed by atoms with Crippen molar-refractivity contribution in [2.24, 2.45) is 11.7 Å². The highest BCUT2D eigenvalue weighted by Crippen LogP contribution is 2.29. The minimum atomic E-state index is 0.0749. The molecule has 0 spiro atoms. The Hall–Kier alpha value is -1.68. The average molecular weight is 288 g/mol. The monoisotopic (exact) mass is 288 g/mol. The average Bonchev–Trinajstić information content (AvgIpc) is 2.45. The van der Waals surface area contributed by atoms with E-state index in [1.807, 2.05) is 23.1 Å². The number of ketones is 1. The van der Waals surface area contributed by atoms with Crippen molar-refractivity contribution in [1.29, 1.82) is 0 Å². The van der Waals surface area contributed by atoms with Gasteiger partial charge in [-0.1, -0.05) is 13.8 Å². The van der Waals surface area contributed by atoms with Gasteiger partial charge in [-0.2, -0.15) is 0 Å². The maximum absolute atomic E-state index is 12.3. The molecule has 1 amide bonds. The Morgan fingerprint density at radius 2 is 2.10 bits per heavy atom. The molecule has 1 aliphatic heterocycles. The Kier molecular flexibility index (Phi) is 5.12. The number of anilines is 1. The summed E-state index contributed by atoms with van der Waals surface area (Å²) in [7, 11) is 0. The van der Waals surface area contributed by atoms with Crippen LogP contribution in [0.4, 0.5) is 5.69 Å². The minimum Gasteiger partial charge on any atom is -0.330 e. The Bertz CT molecular complexity index is 538. The summed E-state index contributed by atoms with van der Waals surface area (Å²) in [6.45, 7) is 5.25. The summed E-state index contributed by atoms with van der Waals surface area (Å²) in [6.07, 6.45) is 2.80. The predicted octanol–water partition coefficient (Wildman–Crippen LogP) is 2.54. The molecule has 0 atom stereocenters. The molecule has 1 aromatic rings. The fraction of sp³-hybridized carbons (Fsp3) is 0.529. The van der Waals surface area contributed by atoms with Crippen LogP contribution in [0.15, 0.2) is 18.2 Å². The van der Waals surface area contributed by atoms with Crippen LogP contribution >= 0.6 is 0 Å². The lowest BCUT2D eigenvalue weighted by Crippen LogP contribution is -2.36. The highest BCUT2D eigenvalue weighted by molar-refractivity contribution is 5.99. The highest BCUT2D eigenvalue weighted by Gasteiger charge is 2.23. The van der Waals surface area contributed by atoms with Crippen LogP contribution in [0.3, 0.4) is 0 Å². The molecule has 0 saturated carbocycles. The van der Waals surface area contributed by atoms with Crippen molar-refractivity contribution in [3.05, 3.63) is 29.3 Å². The van der Waals surface area contributed by atoms with E-state index in [1.165, 1.54) is 0 Å². The van der Waals surface area contributed by atoms with Gasteiger partial charge in [0.15, 0.2) is 5.78 Å². The first-order chi connectivity index (χ1) is 10.0. The maximum atomic E-state index is 12.3. The molecule has 2 rings (SSSR count). The van der Waals surface area contributed by atoms with Gasteiger partial charge >= 0.3 is 0 Å². The molecule has 1 aliphatic rings. The Labute approximate surface area is 126 Å². The number of amides is 1. The summed E-state index contributed by atoms with van der Waals surface area (Å²) in [6, 6.07) is 5.66. The quantitative estimate of drug-likeness (QED) is 0.847. The molecule has 4 heteroatoms. The zero-order chi connectivity index (χ0) is 15.4. The van der Waals surface area contributed by atoms with Gasteiger partial charge in [0, 0.05) is 30.6 Å². The van der Waals surface area contributed by atoms with Gasteiger partial charge in [0.1, 0.15) is 0 Å². The molecular weight excluding hydrogens is 264 g/mol. The lowest BCUT2D eigenvalue weighted by molar-refractivity contribution is -0.119. The topological polar surface area (TPSA) is 63.4 Å². The van der Waals surface area contributed by atoms with Crippen molar-refractivity contribution < 1.29 is 9.59 Å². The molecule has 114 valence electrons. The number of fused-ring (bicyclic) bond motifs is 1. The number of hydrogen-bond donors (Lipinski definition) is 1. The molecule has 0 aliphatic carbocycles. The second-order valence-electron chi connectivity index (χ2n) is 6.05. The molecule has 0 fully saturated rings. The van der Waals surface area contributed by atoms with Crippen LogP contribution < -0.4 is 10.6 Å². The van der Waals surface area contributed by atoms with Gasteiger partial charge in [0.2, 0.25) is 5.91 Å². The fourth-order valence-electron chi connectivity index (χ4n) is 2.76. The van der Waals surface area contributed by atoms with Crippen LogP contribution in [0.25, 0.3) is 0 Å². The Balaban J connectivity index is 2.24. The van der Waals surface area contributed by atoms with E-state index in [2.05, 4.69) is 13.8 Å². The zero-order valence-corrected chi connectivity index (χ0v) is 12.9. The van der Waals surface area contributed by atoms with Gasteiger partial charge in [0.25, 0.3) is 0 Å². The third kappa shape index (κ3) is 3.70. The Morgan fingerprint density at radius 3 is 2.76 bits per heavy atom. The third-order valence-electron chi connectivity index (χ3n) is 3.78. The summed E-state index contributed by atoms with van der Waals surface area (Å²) in [5.41, 5.74) is 8.21. The first kappa shape index (κ1) is 15.7. The van der Waals surface area contributed by atoms with Crippen molar-refractivity contribution in [3.8, 4) is 0 Å². The molecule has 21 heavy (non-hydrogen) atoms. The van der Waals surface area contributed by atoms with Crippen LogP contribution in [0.1, 0.15) is 49.0 Å². The van der Waals surface area contributed by atoms with E-state index in [4.69, 9.17) is 5.73 Å². The highest BCUT2D eigenvalue weighted by atomic mass is 16.2. The van der Waals surface area contributed by atoms with E-state index in [-0.39, 0.29) is 11.7 Å². The van der Waals surface area contributed by atoms with Crippen LogP contribution in [0.5, 0.6) is 0 Å². The fourth-order valence-corrected chi connectivity index (χ4v) is 2.76. The van der Waals surface area contributed by atoms with Crippen molar-refractivity contribution in [2.45, 2.75) is 39.5 Å². The van der Waals surface area contributed by atoms with E-state index in [9.17, 15) is 9.59 Å². The third-order valence-corrected chi connectivity index (χ3v) is 3.78. The molecular formula is C17H24N2O2. The molecule has 4 nitrogen and oxygen atoms in total. The predicted molar refractivity (Wildman–Crippen MR) is 84.6 cm³/mol. The molecule has 0 saturated heterocycles. The normalized spacial score (nSPS) is 14.2. The minimum absolute atomic E-state index is 0.0749. The summed E-state index contributed by atoms with van der Waals surface area (Å²) in [5.74, 6) is 0.603. The van der Waals surface area contributed by atoms with Crippen molar-refractivity contribution in [3.63, 3.8) is 0 Å². The van der Waals surface area contributed by atoms with E-state index in [0.29, 0.717) is 30.9 Å². The number of aryl methyl sites for hydroxylation is 1. The largest absolute Gasteiger partial charge is 0.330 e. The standard InChI is InChI=1S/C17H24N2O2/c1-12(2)10-17(21)19-9-3-4-13-11-14(5-6-15(13)19)16(20)7-8-18/h5-6,11-12H,3-4,7-10,18H2,1-2H3. The molecule has 0 aromatic heterocycles. The van der Waals surface area contributed by atoms with E-state index in [0.717, 1.165) is 30.6 Å². The number of nitrogens with zero attached hydrogens (tertiary/aromatic N) is 1. The zero-order valence-electron chi connectivity index (χ0n) is 12.9. The van der Waals surface area contributed by atoms with Gasteiger partial charge in [-0.15, -0.1) is 0 Å². The van der Waals surface area contributed by atoms with Gasteiger partial charge in [-0.3, -0.25) is 9.59 Å². The first-order valence-electron chi connectivity index (χ1n) is 7.69. The summed E-state index contributed by atoms with van der Waals surface area (Å²) >= 11 is 0. The smallest absolute Gasteiger partial charge is 0.227 e. The van der Waals surface area contributed by atoms with E-state index in [1.54, 1.807) is 0 Å². The summed E-state index contributed by atoms with van der Waals surface area (Å²) in [4.78, 5) is 26.1. The number of rotatable bonds is 5. The second-order valence-corrected chi connectivity index (χ2v) is 6.05. The van der Waals surface area contributed by atoms with Gasteiger partial charge in [-0.25, -0.2) is 0 Å². The van der Waals surface area contributed by atoms with Crippen molar-refractivity contribution >= 4 is 17.4 Å². The molecule has 0 bridgehead atoms. The van der Waals surface area contributed by atoms with Gasteiger partial charge < -0.3 is 10.6 Å². The van der Waals surface area contributed by atoms with Gasteiger partial charge in [0.05, 0.1) is 0 Å². The molecule has 0 unspecified atom stereocenters. The molecule has 1 heterocycles. The Morgan fingerprint density at radius 1 is 1.33 bits per heavy atom. The van der Waals surface area contributed by atoms with Crippen LogP contribution in [0.2, 0.25) is 0 Å². The summed E-state index contributed by atoms with van der Waals surface area (Å²) < 4.78 is 0. The van der Waals surface area contributed by atoms with Crippen LogP contribution in [0, 0.1) is 5.92 Å². The number of Topliss-reactive ketones (excluding diaryl/α,β-unsaturated/α-hetero) is 1. The lowest BCUT2D eigenvalue weighted by Gasteiger charge is -2.30. The SMILES string of the molecule is CC(C)CC(=O)N1CCCc2cc(C(=O)CCN)ccc21. The van der Waals surface area contributed by atoms with E-state index < -0.39 is 0 Å². The van der Waals surface area contributed by atoms with Crippen molar-refractivity contribution in [1.82, 2.24) is 0 Å². The number of carbonyl (C=O) groups excluding carboxylic acids is 2. The summed E-state index contributed by atoms with van der Waals surface area (Å²) in [5, 5.41) is 0. The second kappa shape index (κ2) is 6.85. The molecule has 0 radical (unpaired) electrons. The van der Waals surface area contributed by atoms with Crippen LogP contribution in [-0.4, -0.2) is 24.8 Å². The number of hydrogen-bond acceptors (Lipinski definition) is 3. The van der Waals surface area contributed by atoms with E-state index >= 15 is 0 Å². The van der Waals surface area contributed by atoms with Crippen LogP contribution in [-0.2, 0) is 11.2 Å².